The molecule has 5 nitrogen and oxygen atoms in total. The van der Waals surface area contributed by atoms with E-state index in [4.69, 9.17) is 0 Å². The Morgan fingerprint density at radius 2 is 2.31 bits per heavy atom. The van der Waals surface area contributed by atoms with Gasteiger partial charge >= 0.3 is 0 Å². The predicted molar refractivity (Wildman–Crippen MR) is 52.6 cm³/mol. The smallest absolute Gasteiger partial charge is 0.215 e. The number of aromatic nitrogens is 2. The number of nitrogens with zero attached hydrogens (tertiary/aromatic N) is 2. The van der Waals surface area contributed by atoms with E-state index in [1.54, 1.807) is 11.7 Å². The van der Waals surface area contributed by atoms with Crippen molar-refractivity contribution in [2.45, 2.75) is 5.75 Å². The van der Waals surface area contributed by atoms with E-state index in [0.717, 1.165) is 0 Å². The molecule has 0 fully saturated rings. The second-order valence-corrected chi connectivity index (χ2v) is 5.22. The first-order valence-electron chi connectivity index (χ1n) is 3.54. The molecule has 1 aromatic heterocycles. The van der Waals surface area contributed by atoms with Crippen LogP contribution in [0.1, 0.15) is 5.56 Å². The van der Waals surface area contributed by atoms with E-state index in [-0.39, 0.29) is 5.75 Å². The summed E-state index contributed by atoms with van der Waals surface area (Å²) in [5, 5.41) is 3.91. The highest BCUT2D eigenvalue weighted by Gasteiger charge is 2.13. The van der Waals surface area contributed by atoms with E-state index in [0.29, 0.717) is 10.2 Å². The van der Waals surface area contributed by atoms with Crippen molar-refractivity contribution >= 4 is 26.0 Å². The molecule has 1 N–H and O–H groups in total. The van der Waals surface area contributed by atoms with Gasteiger partial charge in [-0.3, -0.25) is 4.68 Å². The maximum absolute atomic E-state index is 11.2. The van der Waals surface area contributed by atoms with Crippen molar-refractivity contribution in [1.29, 1.82) is 0 Å². The fourth-order valence-corrected chi connectivity index (χ4v) is 2.13. The van der Waals surface area contributed by atoms with Gasteiger partial charge in [0.25, 0.3) is 0 Å². The standard InChI is InChI=1S/C6H10BrN3O2S/c1-8-13(11,12)4-5-3-9-10(2)6(5)7/h3,8H,4H2,1-2H3. The third-order valence-electron chi connectivity index (χ3n) is 1.59. The molecule has 1 heterocycles. The Bertz CT molecular complexity index is 398. The first kappa shape index (κ1) is 10.7. The maximum atomic E-state index is 11.2. The highest BCUT2D eigenvalue weighted by atomic mass is 79.9. The molecule has 1 rings (SSSR count). The van der Waals surface area contributed by atoms with Gasteiger partial charge in [-0.25, -0.2) is 13.1 Å². The SMILES string of the molecule is CNS(=O)(=O)Cc1cnn(C)c1Br. The molecule has 0 radical (unpaired) electrons. The molecule has 0 unspecified atom stereocenters. The summed E-state index contributed by atoms with van der Waals surface area (Å²) in [6.07, 6.45) is 1.53. The van der Waals surface area contributed by atoms with Crippen LogP contribution in [0.4, 0.5) is 0 Å². The van der Waals surface area contributed by atoms with Crippen molar-refractivity contribution in [3.05, 3.63) is 16.4 Å². The van der Waals surface area contributed by atoms with Gasteiger partial charge in [0.15, 0.2) is 0 Å². The molecule has 0 aliphatic carbocycles. The van der Waals surface area contributed by atoms with E-state index in [1.807, 2.05) is 0 Å². The molecular weight excluding hydrogens is 258 g/mol. The lowest BCUT2D eigenvalue weighted by Gasteiger charge is -2.00. The minimum atomic E-state index is -3.22. The van der Waals surface area contributed by atoms with Gasteiger partial charge in [0, 0.05) is 12.6 Å². The molecular formula is C6H10BrN3O2S. The third kappa shape index (κ3) is 2.52. The second-order valence-electron chi connectivity index (χ2n) is 2.55. The molecule has 0 aliphatic heterocycles. The molecule has 0 spiro atoms. The van der Waals surface area contributed by atoms with Crippen LogP contribution in [0.5, 0.6) is 0 Å². The maximum Gasteiger partial charge on any atom is 0.215 e. The van der Waals surface area contributed by atoms with E-state index in [1.165, 1.54) is 13.2 Å². The van der Waals surface area contributed by atoms with Crippen LogP contribution in [-0.4, -0.2) is 25.2 Å². The zero-order valence-corrected chi connectivity index (χ0v) is 9.68. The lowest BCUT2D eigenvalue weighted by atomic mass is 10.4. The second kappa shape index (κ2) is 3.77. The lowest BCUT2D eigenvalue weighted by Crippen LogP contribution is -2.20. The summed E-state index contributed by atoms with van der Waals surface area (Å²) < 4.78 is 26.8. The molecule has 74 valence electrons. The summed E-state index contributed by atoms with van der Waals surface area (Å²) in [6, 6.07) is 0. The fraction of sp³-hybridized carbons (Fsp3) is 0.500. The molecule has 0 amide bonds. The highest BCUT2D eigenvalue weighted by molar-refractivity contribution is 9.10. The van der Waals surface area contributed by atoms with Crippen LogP contribution in [0, 0.1) is 0 Å². The third-order valence-corrected chi connectivity index (χ3v) is 3.93. The monoisotopic (exact) mass is 267 g/mol. The number of halogens is 1. The molecule has 1 aromatic rings. The van der Waals surface area contributed by atoms with Crippen LogP contribution >= 0.6 is 15.9 Å². The average molecular weight is 268 g/mol. The van der Waals surface area contributed by atoms with Gasteiger partial charge in [0.2, 0.25) is 10.0 Å². The first-order chi connectivity index (χ1) is 5.96. The Kier molecular flexibility index (Phi) is 3.09. The zero-order chi connectivity index (χ0) is 10.1. The van der Waals surface area contributed by atoms with Gasteiger partial charge in [-0.1, -0.05) is 0 Å². The van der Waals surface area contributed by atoms with Crippen molar-refractivity contribution in [1.82, 2.24) is 14.5 Å². The Balaban J connectivity index is 2.93. The van der Waals surface area contributed by atoms with Crippen LogP contribution in [0.3, 0.4) is 0 Å². The molecule has 0 saturated carbocycles. The fourth-order valence-electron chi connectivity index (χ4n) is 0.842. The number of sulfonamides is 1. The molecule has 0 bridgehead atoms. The summed E-state index contributed by atoms with van der Waals surface area (Å²) in [4.78, 5) is 0. The van der Waals surface area contributed by atoms with E-state index < -0.39 is 10.0 Å². The summed E-state index contributed by atoms with van der Waals surface area (Å²) in [5.74, 6) is -0.0576. The van der Waals surface area contributed by atoms with Crippen molar-refractivity contribution < 1.29 is 8.42 Å². The largest absolute Gasteiger partial charge is 0.261 e. The summed E-state index contributed by atoms with van der Waals surface area (Å²) in [6.45, 7) is 0. The summed E-state index contributed by atoms with van der Waals surface area (Å²) >= 11 is 3.24. The Morgan fingerprint density at radius 3 is 2.69 bits per heavy atom. The van der Waals surface area contributed by atoms with Crippen molar-refractivity contribution in [2.24, 2.45) is 7.05 Å². The van der Waals surface area contributed by atoms with Crippen LogP contribution < -0.4 is 4.72 Å². The van der Waals surface area contributed by atoms with Crippen LogP contribution in [0.2, 0.25) is 0 Å². The quantitative estimate of drug-likeness (QED) is 0.853. The minimum Gasteiger partial charge on any atom is -0.261 e. The number of rotatable bonds is 3. The molecule has 7 heteroatoms. The predicted octanol–water partition coefficient (Wildman–Crippen LogP) is 0.232. The van der Waals surface area contributed by atoms with Gasteiger partial charge in [0.1, 0.15) is 4.60 Å². The molecule has 0 aliphatic rings. The number of aryl methyl sites for hydroxylation is 1. The summed E-state index contributed by atoms with van der Waals surface area (Å²) in [5.41, 5.74) is 0.650. The number of hydrogen-bond donors (Lipinski definition) is 1. The van der Waals surface area contributed by atoms with Crippen molar-refractivity contribution in [3.8, 4) is 0 Å². The van der Waals surface area contributed by atoms with Gasteiger partial charge in [-0.05, 0) is 23.0 Å². The van der Waals surface area contributed by atoms with Crippen LogP contribution in [0.25, 0.3) is 0 Å². The van der Waals surface area contributed by atoms with Gasteiger partial charge < -0.3 is 0 Å². The van der Waals surface area contributed by atoms with Crippen molar-refractivity contribution in [2.75, 3.05) is 7.05 Å². The van der Waals surface area contributed by atoms with E-state index in [2.05, 4.69) is 25.8 Å². The normalized spacial score (nSPS) is 11.9. The zero-order valence-electron chi connectivity index (χ0n) is 7.28. The average Bonchev–Trinajstić information content (AvgIpc) is 2.36. The van der Waals surface area contributed by atoms with E-state index in [9.17, 15) is 8.42 Å². The topological polar surface area (TPSA) is 64.0 Å². The Hall–Kier alpha value is -0.400. The minimum absolute atomic E-state index is 0.0576. The van der Waals surface area contributed by atoms with Crippen LogP contribution in [0.15, 0.2) is 10.8 Å². The number of nitrogens with one attached hydrogen (secondary N) is 1. The molecule has 0 atom stereocenters. The Labute approximate surface area is 85.3 Å². The Morgan fingerprint density at radius 1 is 1.69 bits per heavy atom. The van der Waals surface area contributed by atoms with Gasteiger partial charge in [-0.15, -0.1) is 0 Å². The van der Waals surface area contributed by atoms with E-state index >= 15 is 0 Å². The first-order valence-corrected chi connectivity index (χ1v) is 5.98. The highest BCUT2D eigenvalue weighted by Crippen LogP contribution is 2.16. The molecule has 0 saturated heterocycles. The van der Waals surface area contributed by atoms with Crippen LogP contribution in [-0.2, 0) is 22.8 Å². The molecule has 13 heavy (non-hydrogen) atoms. The van der Waals surface area contributed by atoms with Gasteiger partial charge in [0.05, 0.1) is 11.9 Å². The number of hydrogen-bond acceptors (Lipinski definition) is 3. The lowest BCUT2D eigenvalue weighted by molar-refractivity contribution is 0.587. The molecule has 0 aromatic carbocycles. The van der Waals surface area contributed by atoms with Crippen molar-refractivity contribution in [3.63, 3.8) is 0 Å². The summed E-state index contributed by atoms with van der Waals surface area (Å²) in [7, 11) is -0.0909. The van der Waals surface area contributed by atoms with Gasteiger partial charge in [-0.2, -0.15) is 5.10 Å².